The molecule has 0 aromatic carbocycles. The Morgan fingerprint density at radius 3 is 2.14 bits per heavy atom. The number of rotatable bonds is 1. The maximum atomic E-state index is 8.13. The highest BCUT2D eigenvalue weighted by Gasteiger charge is 2.13. The fourth-order valence-corrected chi connectivity index (χ4v) is 0.116. The van der Waals surface area contributed by atoms with Gasteiger partial charge in [0, 0.05) is 0 Å². The molecule has 4 N–H and O–H groups in total. The van der Waals surface area contributed by atoms with Gasteiger partial charge in [-0.1, -0.05) is 0 Å². The summed E-state index contributed by atoms with van der Waals surface area (Å²) in [5, 5.41) is 24.0. The third kappa shape index (κ3) is 5.37. The van der Waals surface area contributed by atoms with E-state index in [0.717, 1.165) is 0 Å². The Kier molecular flexibility index (Phi) is 1.72. The quantitative estimate of drug-likeness (QED) is 0.351. The van der Waals surface area contributed by atoms with Crippen molar-refractivity contribution in [3.05, 3.63) is 0 Å². The van der Waals surface area contributed by atoms with Crippen LogP contribution in [0, 0.1) is 11.3 Å². The maximum Gasteiger partial charge on any atom is 0.233 e. The zero-order chi connectivity index (χ0) is 5.91. The fraction of sp³-hybridized carbons (Fsp3) is 0.667. The third-order valence-corrected chi connectivity index (χ3v) is 0.339. The first-order valence-corrected chi connectivity index (χ1v) is 1.67. The summed E-state index contributed by atoms with van der Waals surface area (Å²) in [5.41, 5.74) is 4.53. The van der Waals surface area contributed by atoms with Gasteiger partial charge in [-0.25, -0.2) is 0 Å². The number of hydrogen-bond donors (Lipinski definition) is 3. The topological polar surface area (TPSA) is 90.3 Å². The van der Waals surface area contributed by atoms with E-state index >= 15 is 0 Å². The van der Waals surface area contributed by atoms with E-state index in [9.17, 15) is 0 Å². The molecule has 4 heteroatoms. The van der Waals surface area contributed by atoms with Gasteiger partial charge in [-0.15, -0.1) is 0 Å². The Bertz CT molecular complexity index is 88.1. The van der Waals surface area contributed by atoms with Gasteiger partial charge < -0.3 is 10.2 Å². The van der Waals surface area contributed by atoms with Gasteiger partial charge in [0.2, 0.25) is 5.91 Å². The molecule has 0 bridgehead atoms. The molecule has 0 fully saturated rings. The van der Waals surface area contributed by atoms with E-state index in [2.05, 4.69) is 5.73 Å². The predicted octanol–water partition coefficient (Wildman–Crippen LogP) is -1.50. The molecular weight excluding hydrogens is 96.0 g/mol. The molecule has 0 aromatic rings. The zero-order valence-corrected chi connectivity index (χ0v) is 3.63. The van der Waals surface area contributed by atoms with E-state index in [4.69, 9.17) is 15.5 Å². The highest BCUT2D eigenvalue weighted by molar-refractivity contribution is 4.75. The molecule has 0 saturated carbocycles. The van der Waals surface area contributed by atoms with Crippen LogP contribution < -0.4 is 5.73 Å². The van der Waals surface area contributed by atoms with Crippen LogP contribution in [0.1, 0.15) is 6.42 Å². The normalized spacial score (nSPS) is 10.6. The molecule has 0 atom stereocenters. The zero-order valence-electron chi connectivity index (χ0n) is 3.63. The van der Waals surface area contributed by atoms with Crippen LogP contribution in [0.5, 0.6) is 0 Å². The number of nitrogens with zero attached hydrogens (tertiary/aromatic N) is 1. The van der Waals surface area contributed by atoms with Crippen LogP contribution in [-0.2, 0) is 0 Å². The second kappa shape index (κ2) is 1.89. The predicted molar refractivity (Wildman–Crippen MR) is 21.6 cm³/mol. The molecule has 0 radical (unpaired) electrons. The molecule has 0 rings (SSSR count). The molecule has 40 valence electrons. The Balaban J connectivity index is 3.40. The summed E-state index contributed by atoms with van der Waals surface area (Å²) in [6, 6.07) is 1.48. The van der Waals surface area contributed by atoms with E-state index in [1.165, 1.54) is 6.07 Å². The molecule has 0 saturated heterocycles. The lowest BCUT2D eigenvalue weighted by Crippen LogP contribution is -2.38. The van der Waals surface area contributed by atoms with Gasteiger partial charge in [-0.3, -0.25) is 5.73 Å². The van der Waals surface area contributed by atoms with Crippen LogP contribution in [0.15, 0.2) is 0 Å². The maximum absolute atomic E-state index is 8.13. The first kappa shape index (κ1) is 6.37. The summed E-state index contributed by atoms with van der Waals surface area (Å²) in [6.45, 7) is 0. The van der Waals surface area contributed by atoms with Gasteiger partial charge in [0.1, 0.15) is 6.42 Å². The van der Waals surface area contributed by atoms with Crippen molar-refractivity contribution in [1.82, 2.24) is 0 Å². The van der Waals surface area contributed by atoms with Gasteiger partial charge in [-0.05, 0) is 0 Å². The minimum Gasteiger partial charge on any atom is -0.353 e. The van der Waals surface area contributed by atoms with Gasteiger partial charge in [0.15, 0.2) is 0 Å². The number of nitriles is 1. The SMILES string of the molecule is N#CCC(N)(O)O. The molecule has 0 aliphatic carbocycles. The number of aliphatic hydroxyl groups is 2. The van der Waals surface area contributed by atoms with Crippen LogP contribution in [0.2, 0.25) is 0 Å². The second-order valence-electron chi connectivity index (χ2n) is 1.21. The highest BCUT2D eigenvalue weighted by atomic mass is 16.5. The molecule has 0 aliphatic rings. The molecule has 0 unspecified atom stereocenters. The first-order chi connectivity index (χ1) is 3.06. The third-order valence-electron chi connectivity index (χ3n) is 0.339. The van der Waals surface area contributed by atoms with Gasteiger partial charge in [0.25, 0.3) is 0 Å². The van der Waals surface area contributed by atoms with Crippen molar-refractivity contribution in [3.8, 4) is 6.07 Å². The minimum atomic E-state index is -2.31. The summed E-state index contributed by atoms with van der Waals surface area (Å²) in [5.74, 6) is -2.31. The second-order valence-corrected chi connectivity index (χ2v) is 1.21. The molecular formula is C3H6N2O2. The van der Waals surface area contributed by atoms with E-state index < -0.39 is 12.3 Å². The van der Waals surface area contributed by atoms with Crippen molar-refractivity contribution >= 4 is 0 Å². The molecule has 0 aliphatic heterocycles. The molecule has 0 amide bonds. The lowest BCUT2D eigenvalue weighted by molar-refractivity contribution is -0.150. The molecule has 7 heavy (non-hydrogen) atoms. The summed E-state index contributed by atoms with van der Waals surface area (Å²) in [7, 11) is 0. The van der Waals surface area contributed by atoms with E-state index in [0.29, 0.717) is 0 Å². The van der Waals surface area contributed by atoms with Crippen LogP contribution >= 0.6 is 0 Å². The Hall–Kier alpha value is -0.630. The Morgan fingerprint density at radius 2 is 2.14 bits per heavy atom. The monoisotopic (exact) mass is 102 g/mol. The average molecular weight is 102 g/mol. The minimum absolute atomic E-state index is 0.465. The average Bonchev–Trinajstić information content (AvgIpc) is 1.30. The van der Waals surface area contributed by atoms with Gasteiger partial charge >= 0.3 is 0 Å². The van der Waals surface area contributed by atoms with Crippen LogP contribution in [0.25, 0.3) is 0 Å². The van der Waals surface area contributed by atoms with Crippen LogP contribution in [-0.4, -0.2) is 16.1 Å². The van der Waals surface area contributed by atoms with E-state index in [1.54, 1.807) is 0 Å². The van der Waals surface area contributed by atoms with Gasteiger partial charge in [0.05, 0.1) is 6.07 Å². The summed E-state index contributed by atoms with van der Waals surface area (Å²) in [6.07, 6.45) is -0.465. The molecule has 0 aromatic heterocycles. The summed E-state index contributed by atoms with van der Waals surface area (Å²) >= 11 is 0. The number of nitrogens with two attached hydrogens (primary N) is 1. The lowest BCUT2D eigenvalue weighted by Gasteiger charge is -2.08. The first-order valence-electron chi connectivity index (χ1n) is 1.67. The van der Waals surface area contributed by atoms with Crippen molar-refractivity contribution in [1.29, 1.82) is 5.26 Å². The largest absolute Gasteiger partial charge is 0.353 e. The van der Waals surface area contributed by atoms with Gasteiger partial charge in [-0.2, -0.15) is 5.26 Å². The van der Waals surface area contributed by atoms with Crippen molar-refractivity contribution in [2.45, 2.75) is 12.3 Å². The smallest absolute Gasteiger partial charge is 0.233 e. The fourth-order valence-electron chi connectivity index (χ4n) is 0.116. The van der Waals surface area contributed by atoms with Crippen molar-refractivity contribution in [3.63, 3.8) is 0 Å². The molecule has 0 heterocycles. The van der Waals surface area contributed by atoms with Crippen molar-refractivity contribution in [2.24, 2.45) is 5.73 Å². The lowest BCUT2D eigenvalue weighted by atomic mass is 10.4. The number of hydrogen-bond acceptors (Lipinski definition) is 4. The summed E-state index contributed by atoms with van der Waals surface area (Å²) in [4.78, 5) is 0. The Morgan fingerprint density at radius 1 is 1.71 bits per heavy atom. The highest BCUT2D eigenvalue weighted by Crippen LogP contribution is 1.90. The standard InChI is InChI=1S/C3H6N2O2/c4-2-1-3(5,6)7/h6-7H,1,5H2. The van der Waals surface area contributed by atoms with E-state index in [1.807, 2.05) is 0 Å². The van der Waals surface area contributed by atoms with Crippen molar-refractivity contribution in [2.75, 3.05) is 0 Å². The van der Waals surface area contributed by atoms with Crippen LogP contribution in [0.3, 0.4) is 0 Å². The molecule has 4 nitrogen and oxygen atoms in total. The summed E-state index contributed by atoms with van der Waals surface area (Å²) < 4.78 is 0. The van der Waals surface area contributed by atoms with Crippen LogP contribution in [0.4, 0.5) is 0 Å². The van der Waals surface area contributed by atoms with Crippen molar-refractivity contribution < 1.29 is 10.2 Å². The Labute approximate surface area is 40.8 Å². The van der Waals surface area contributed by atoms with E-state index in [-0.39, 0.29) is 0 Å². The molecule has 0 spiro atoms.